The van der Waals surface area contributed by atoms with E-state index in [1.165, 1.54) is 11.4 Å². The average molecular weight is 338 g/mol. The Morgan fingerprint density at radius 2 is 2.04 bits per heavy atom. The summed E-state index contributed by atoms with van der Waals surface area (Å²) in [6.07, 6.45) is 0.955. The lowest BCUT2D eigenvalue weighted by Gasteiger charge is -2.29. The number of ether oxygens (including phenoxy) is 1. The zero-order valence-electron chi connectivity index (χ0n) is 12.8. The summed E-state index contributed by atoms with van der Waals surface area (Å²) in [6, 6.07) is 7.17. The number of hydrogen-bond donors (Lipinski definition) is 0. The van der Waals surface area contributed by atoms with Crippen LogP contribution in [0.2, 0.25) is 0 Å². The number of fused-ring (bicyclic) bond motifs is 1. The Balaban J connectivity index is 1.72. The lowest BCUT2D eigenvalue weighted by atomic mass is 9.99. The third-order valence-electron chi connectivity index (χ3n) is 4.15. The quantitative estimate of drug-likeness (QED) is 0.786. The summed E-state index contributed by atoms with van der Waals surface area (Å²) in [5, 5.41) is 4.59. The first-order chi connectivity index (χ1) is 11.0. The summed E-state index contributed by atoms with van der Waals surface area (Å²) in [6.45, 7) is 0.635. The van der Waals surface area contributed by atoms with Crippen molar-refractivity contribution in [2.45, 2.75) is 18.6 Å². The van der Waals surface area contributed by atoms with Crippen molar-refractivity contribution < 1.29 is 22.5 Å². The molecule has 124 valence electrons. The van der Waals surface area contributed by atoms with Crippen LogP contribution in [0.1, 0.15) is 18.5 Å². The van der Waals surface area contributed by atoms with Crippen LogP contribution >= 0.6 is 0 Å². The second-order valence-corrected chi connectivity index (χ2v) is 7.55. The van der Waals surface area contributed by atoms with Crippen molar-refractivity contribution in [2.24, 2.45) is 5.92 Å². The lowest BCUT2D eigenvalue weighted by Crippen LogP contribution is -2.41. The molecule has 0 spiro atoms. The number of piperidine rings is 1. The molecule has 1 aromatic carbocycles. The topological polar surface area (TPSA) is 89.7 Å². The third kappa shape index (κ3) is 3.23. The second kappa shape index (κ2) is 6.29. The summed E-state index contributed by atoms with van der Waals surface area (Å²) >= 11 is 0. The molecular weight excluding hydrogens is 320 g/mol. The van der Waals surface area contributed by atoms with Gasteiger partial charge in [0, 0.05) is 18.5 Å². The number of methoxy groups -OCH3 is 1. The van der Waals surface area contributed by atoms with E-state index in [1.807, 2.05) is 12.1 Å². The maximum Gasteiger partial charge on any atom is 0.308 e. The minimum absolute atomic E-state index is 0.201. The van der Waals surface area contributed by atoms with Gasteiger partial charge in [-0.15, -0.1) is 0 Å². The number of para-hydroxylation sites is 1. The predicted octanol–water partition coefficient (Wildman–Crippen LogP) is 1.54. The molecule has 1 aliphatic rings. The number of hydrogen-bond acceptors (Lipinski definition) is 6. The normalized spacial score (nSPS) is 17.4. The molecule has 2 heterocycles. The minimum Gasteiger partial charge on any atom is -0.469 e. The molecule has 0 amide bonds. The Morgan fingerprint density at radius 1 is 1.35 bits per heavy atom. The molecule has 2 aromatic rings. The standard InChI is InChI=1S/C15H18N2O5S/c1-21-15(18)11-6-8-17(9-7-11)23(19,20)10-13-12-4-2-3-5-14(12)22-16-13/h2-5,11H,6-10H2,1H3. The fourth-order valence-corrected chi connectivity index (χ4v) is 4.35. The van der Waals surface area contributed by atoms with E-state index < -0.39 is 10.0 Å². The van der Waals surface area contributed by atoms with Crippen LogP contribution in [0.5, 0.6) is 0 Å². The van der Waals surface area contributed by atoms with E-state index in [0.29, 0.717) is 42.6 Å². The number of sulfonamides is 1. The molecule has 0 radical (unpaired) electrons. The summed E-state index contributed by atoms with van der Waals surface area (Å²) in [7, 11) is -2.15. The molecule has 0 N–H and O–H groups in total. The Morgan fingerprint density at radius 3 is 2.74 bits per heavy atom. The molecule has 3 rings (SSSR count). The van der Waals surface area contributed by atoms with E-state index in [2.05, 4.69) is 5.16 Å². The highest BCUT2D eigenvalue weighted by molar-refractivity contribution is 7.88. The number of esters is 1. The smallest absolute Gasteiger partial charge is 0.308 e. The zero-order chi connectivity index (χ0) is 16.4. The highest BCUT2D eigenvalue weighted by atomic mass is 32.2. The first-order valence-electron chi connectivity index (χ1n) is 7.40. The molecular formula is C15H18N2O5S. The summed E-state index contributed by atoms with van der Waals surface area (Å²) in [4.78, 5) is 11.5. The maximum atomic E-state index is 12.6. The summed E-state index contributed by atoms with van der Waals surface area (Å²) in [5.74, 6) is -0.698. The van der Waals surface area contributed by atoms with Crippen molar-refractivity contribution in [3.8, 4) is 0 Å². The molecule has 1 saturated heterocycles. The molecule has 0 unspecified atom stereocenters. The van der Waals surface area contributed by atoms with E-state index in [0.717, 1.165) is 0 Å². The van der Waals surface area contributed by atoms with Crippen LogP contribution in [0.15, 0.2) is 28.8 Å². The van der Waals surface area contributed by atoms with E-state index in [1.54, 1.807) is 12.1 Å². The number of carbonyl (C=O) groups excluding carboxylic acids is 1. The number of rotatable bonds is 4. The number of carbonyl (C=O) groups is 1. The van der Waals surface area contributed by atoms with Crippen LogP contribution in [0.3, 0.4) is 0 Å². The van der Waals surface area contributed by atoms with Gasteiger partial charge in [0.2, 0.25) is 10.0 Å². The van der Waals surface area contributed by atoms with Gasteiger partial charge in [0.25, 0.3) is 0 Å². The van der Waals surface area contributed by atoms with Gasteiger partial charge in [-0.2, -0.15) is 0 Å². The van der Waals surface area contributed by atoms with Crippen molar-refractivity contribution in [2.75, 3.05) is 20.2 Å². The monoisotopic (exact) mass is 338 g/mol. The molecule has 0 atom stereocenters. The van der Waals surface area contributed by atoms with Gasteiger partial charge in [0.05, 0.1) is 13.0 Å². The van der Waals surface area contributed by atoms with Crippen molar-refractivity contribution in [3.05, 3.63) is 30.0 Å². The SMILES string of the molecule is COC(=O)C1CCN(S(=O)(=O)Cc2noc3ccccc23)CC1. The van der Waals surface area contributed by atoms with Crippen LogP contribution in [-0.2, 0) is 25.3 Å². The number of benzene rings is 1. The van der Waals surface area contributed by atoms with Crippen LogP contribution in [-0.4, -0.2) is 44.0 Å². The van der Waals surface area contributed by atoms with Gasteiger partial charge in [0.1, 0.15) is 11.4 Å². The molecule has 1 fully saturated rings. The van der Waals surface area contributed by atoms with Gasteiger partial charge in [0.15, 0.2) is 5.58 Å². The first-order valence-corrected chi connectivity index (χ1v) is 9.01. The zero-order valence-corrected chi connectivity index (χ0v) is 13.6. The summed E-state index contributed by atoms with van der Waals surface area (Å²) < 4.78 is 36.4. The van der Waals surface area contributed by atoms with Crippen LogP contribution in [0, 0.1) is 5.92 Å². The van der Waals surface area contributed by atoms with E-state index in [4.69, 9.17) is 9.26 Å². The molecule has 1 aliphatic heterocycles. The van der Waals surface area contributed by atoms with Gasteiger partial charge in [-0.3, -0.25) is 4.79 Å². The van der Waals surface area contributed by atoms with E-state index in [9.17, 15) is 13.2 Å². The van der Waals surface area contributed by atoms with Gasteiger partial charge in [-0.25, -0.2) is 12.7 Å². The van der Waals surface area contributed by atoms with Crippen LogP contribution < -0.4 is 0 Å². The Bertz CT molecular complexity index is 806. The summed E-state index contributed by atoms with van der Waals surface area (Å²) in [5.41, 5.74) is 0.984. The van der Waals surface area contributed by atoms with E-state index >= 15 is 0 Å². The molecule has 0 bridgehead atoms. The average Bonchev–Trinajstić information content (AvgIpc) is 2.97. The fraction of sp³-hybridized carbons (Fsp3) is 0.467. The second-order valence-electron chi connectivity index (χ2n) is 5.58. The van der Waals surface area contributed by atoms with Gasteiger partial charge >= 0.3 is 5.97 Å². The predicted molar refractivity (Wildman–Crippen MR) is 82.9 cm³/mol. The fourth-order valence-electron chi connectivity index (χ4n) is 2.84. The lowest BCUT2D eigenvalue weighted by molar-refractivity contribution is -0.146. The first kappa shape index (κ1) is 15.9. The van der Waals surface area contributed by atoms with Crippen LogP contribution in [0.4, 0.5) is 0 Å². The molecule has 0 saturated carbocycles. The van der Waals surface area contributed by atoms with Gasteiger partial charge < -0.3 is 9.26 Å². The van der Waals surface area contributed by atoms with E-state index in [-0.39, 0.29) is 17.6 Å². The highest BCUT2D eigenvalue weighted by Gasteiger charge is 2.32. The number of aromatic nitrogens is 1. The maximum absolute atomic E-state index is 12.6. The molecule has 1 aromatic heterocycles. The largest absolute Gasteiger partial charge is 0.469 e. The Kier molecular flexibility index (Phi) is 4.36. The van der Waals surface area contributed by atoms with Crippen LogP contribution in [0.25, 0.3) is 11.0 Å². The minimum atomic E-state index is -3.49. The molecule has 23 heavy (non-hydrogen) atoms. The molecule has 0 aliphatic carbocycles. The Labute approximate surface area is 134 Å². The van der Waals surface area contributed by atoms with Crippen molar-refractivity contribution in [1.29, 1.82) is 0 Å². The van der Waals surface area contributed by atoms with Crippen molar-refractivity contribution in [3.63, 3.8) is 0 Å². The number of nitrogens with zero attached hydrogens (tertiary/aromatic N) is 2. The molecule has 8 heteroatoms. The van der Waals surface area contributed by atoms with Gasteiger partial charge in [-0.05, 0) is 25.0 Å². The van der Waals surface area contributed by atoms with Crippen molar-refractivity contribution in [1.82, 2.24) is 9.46 Å². The molecule has 7 nitrogen and oxygen atoms in total. The van der Waals surface area contributed by atoms with Crippen molar-refractivity contribution >= 4 is 27.0 Å². The van der Waals surface area contributed by atoms with Gasteiger partial charge in [-0.1, -0.05) is 17.3 Å². The third-order valence-corrected chi connectivity index (χ3v) is 5.94. The Hall–Kier alpha value is -1.93. The highest BCUT2D eigenvalue weighted by Crippen LogP contribution is 2.25.